The zero-order chi connectivity index (χ0) is 20.2. The van der Waals surface area contributed by atoms with Gasteiger partial charge in [-0.25, -0.2) is 13.1 Å². The van der Waals surface area contributed by atoms with E-state index >= 15 is 0 Å². The molecule has 0 fully saturated rings. The summed E-state index contributed by atoms with van der Waals surface area (Å²) in [5.41, 5.74) is 0.723. The summed E-state index contributed by atoms with van der Waals surface area (Å²) in [6, 6.07) is 11.8. The zero-order valence-corrected chi connectivity index (χ0v) is 16.1. The molecule has 0 aromatic heterocycles. The summed E-state index contributed by atoms with van der Waals surface area (Å²) < 4.78 is 69.5. The fraction of sp³-hybridized carbons (Fsp3) is 0.368. The van der Waals surface area contributed by atoms with E-state index in [9.17, 15) is 21.6 Å². The molecule has 2 aromatic carbocycles. The minimum atomic E-state index is -4.36. The van der Waals surface area contributed by atoms with Crippen LogP contribution in [0.25, 0.3) is 11.1 Å². The molecule has 0 aliphatic rings. The van der Waals surface area contributed by atoms with Crippen LogP contribution in [0.4, 0.5) is 13.2 Å². The first-order chi connectivity index (χ1) is 12.5. The molecular formula is C19H22F3NO3S. The van der Waals surface area contributed by atoms with E-state index in [1.165, 1.54) is 12.1 Å². The predicted molar refractivity (Wildman–Crippen MR) is 99.0 cm³/mol. The molecule has 1 N–H and O–H groups in total. The van der Waals surface area contributed by atoms with Crippen LogP contribution in [0.2, 0.25) is 0 Å². The molecule has 0 aliphatic heterocycles. The van der Waals surface area contributed by atoms with Gasteiger partial charge in [0.05, 0.1) is 10.8 Å². The molecule has 0 bridgehead atoms. The van der Waals surface area contributed by atoms with Crippen molar-refractivity contribution in [3.63, 3.8) is 0 Å². The highest BCUT2D eigenvalue weighted by molar-refractivity contribution is 7.90. The number of alkyl halides is 3. The second kappa shape index (κ2) is 8.31. The Morgan fingerprint density at radius 2 is 1.41 bits per heavy atom. The van der Waals surface area contributed by atoms with Crippen molar-refractivity contribution >= 4 is 10.0 Å². The standard InChI is InChI=1S/C19H22F3NO3S/c1-13(2)27(24,25)23-12-14(3)26-18-10-6-16(7-11-18)15-4-8-17(9-5-15)19(20,21)22/h4-11,13-14,23H,12H2,1-3H3. The van der Waals surface area contributed by atoms with E-state index in [1.54, 1.807) is 45.0 Å². The molecule has 1 unspecified atom stereocenters. The van der Waals surface area contributed by atoms with Gasteiger partial charge in [0.15, 0.2) is 0 Å². The van der Waals surface area contributed by atoms with Crippen LogP contribution in [0.1, 0.15) is 26.3 Å². The van der Waals surface area contributed by atoms with Crippen LogP contribution in [0.3, 0.4) is 0 Å². The first kappa shape index (κ1) is 21.2. The summed E-state index contributed by atoms with van der Waals surface area (Å²) in [6.07, 6.45) is -4.74. The Morgan fingerprint density at radius 3 is 1.85 bits per heavy atom. The van der Waals surface area contributed by atoms with Crippen molar-refractivity contribution < 1.29 is 26.3 Å². The number of hydrogen-bond acceptors (Lipinski definition) is 3. The summed E-state index contributed by atoms with van der Waals surface area (Å²) in [7, 11) is -3.35. The zero-order valence-electron chi connectivity index (χ0n) is 15.2. The smallest absolute Gasteiger partial charge is 0.416 e. The Hall–Kier alpha value is -2.06. The van der Waals surface area contributed by atoms with Crippen LogP contribution in [0.5, 0.6) is 5.75 Å². The van der Waals surface area contributed by atoms with Crippen LogP contribution < -0.4 is 9.46 Å². The predicted octanol–water partition coefficient (Wildman–Crippen LogP) is 4.47. The highest BCUT2D eigenvalue weighted by atomic mass is 32.2. The first-order valence-electron chi connectivity index (χ1n) is 8.42. The number of ether oxygens (including phenoxy) is 1. The molecule has 0 amide bonds. The Labute approximate surface area is 157 Å². The summed E-state index contributed by atoms with van der Waals surface area (Å²) in [5, 5.41) is -0.521. The summed E-state index contributed by atoms with van der Waals surface area (Å²) >= 11 is 0. The number of benzene rings is 2. The van der Waals surface area contributed by atoms with E-state index < -0.39 is 27.0 Å². The molecule has 2 rings (SSSR count). The topological polar surface area (TPSA) is 55.4 Å². The van der Waals surface area contributed by atoms with Crippen LogP contribution in [0, 0.1) is 0 Å². The lowest BCUT2D eigenvalue weighted by atomic mass is 10.0. The molecule has 27 heavy (non-hydrogen) atoms. The number of sulfonamides is 1. The van der Waals surface area contributed by atoms with Gasteiger partial charge in [-0.1, -0.05) is 24.3 Å². The molecule has 4 nitrogen and oxygen atoms in total. The maximum atomic E-state index is 12.6. The normalized spacial score (nSPS) is 13.6. The van der Waals surface area contributed by atoms with Crippen molar-refractivity contribution in [3.05, 3.63) is 54.1 Å². The van der Waals surface area contributed by atoms with E-state index in [1.807, 2.05) is 0 Å². The van der Waals surface area contributed by atoms with Gasteiger partial charge in [0.1, 0.15) is 11.9 Å². The molecule has 2 aromatic rings. The Morgan fingerprint density at radius 1 is 0.926 bits per heavy atom. The average molecular weight is 401 g/mol. The second-order valence-corrected chi connectivity index (χ2v) is 8.79. The maximum Gasteiger partial charge on any atom is 0.416 e. The Balaban J connectivity index is 1.99. The third-order valence-electron chi connectivity index (χ3n) is 3.93. The molecule has 0 heterocycles. The number of halogens is 3. The van der Waals surface area contributed by atoms with Gasteiger partial charge in [0, 0.05) is 6.54 Å². The van der Waals surface area contributed by atoms with Gasteiger partial charge in [-0.2, -0.15) is 13.2 Å². The van der Waals surface area contributed by atoms with Gasteiger partial charge in [0.2, 0.25) is 10.0 Å². The van der Waals surface area contributed by atoms with Gasteiger partial charge < -0.3 is 4.74 Å². The van der Waals surface area contributed by atoms with E-state index in [0.717, 1.165) is 17.7 Å². The lowest BCUT2D eigenvalue weighted by Gasteiger charge is -2.17. The van der Waals surface area contributed by atoms with Gasteiger partial charge in [-0.05, 0) is 56.2 Å². The van der Waals surface area contributed by atoms with Gasteiger partial charge >= 0.3 is 6.18 Å². The van der Waals surface area contributed by atoms with Crippen molar-refractivity contribution in [2.45, 2.75) is 38.3 Å². The third kappa shape index (κ3) is 5.97. The summed E-state index contributed by atoms with van der Waals surface area (Å²) in [6.45, 7) is 5.06. The van der Waals surface area contributed by atoms with Crippen molar-refractivity contribution in [2.24, 2.45) is 0 Å². The summed E-state index contributed by atoms with van der Waals surface area (Å²) in [4.78, 5) is 0. The van der Waals surface area contributed by atoms with Crippen molar-refractivity contribution in [1.82, 2.24) is 4.72 Å². The van der Waals surface area contributed by atoms with E-state index in [0.29, 0.717) is 11.3 Å². The Bertz CT molecular complexity index is 845. The van der Waals surface area contributed by atoms with Gasteiger partial charge in [-0.15, -0.1) is 0 Å². The lowest BCUT2D eigenvalue weighted by Crippen LogP contribution is -2.37. The summed E-state index contributed by atoms with van der Waals surface area (Å²) in [5.74, 6) is 0.543. The largest absolute Gasteiger partial charge is 0.489 e. The molecule has 8 heteroatoms. The van der Waals surface area contributed by atoms with E-state index in [2.05, 4.69) is 4.72 Å². The third-order valence-corrected chi connectivity index (χ3v) is 5.74. The molecule has 1 atom stereocenters. The number of hydrogen-bond donors (Lipinski definition) is 1. The number of nitrogens with one attached hydrogen (secondary N) is 1. The van der Waals surface area contributed by atoms with Crippen molar-refractivity contribution in [1.29, 1.82) is 0 Å². The minimum Gasteiger partial charge on any atom is -0.489 e. The Kier molecular flexibility index (Phi) is 6.54. The number of rotatable bonds is 7. The van der Waals surface area contributed by atoms with Crippen LogP contribution >= 0.6 is 0 Å². The average Bonchev–Trinajstić information content (AvgIpc) is 2.60. The molecule has 148 valence electrons. The molecule has 0 aliphatic carbocycles. The van der Waals surface area contributed by atoms with Crippen LogP contribution in [-0.2, 0) is 16.2 Å². The minimum absolute atomic E-state index is 0.140. The van der Waals surface area contributed by atoms with Crippen LogP contribution in [-0.4, -0.2) is 26.3 Å². The highest BCUT2D eigenvalue weighted by Gasteiger charge is 2.29. The fourth-order valence-electron chi connectivity index (χ4n) is 2.25. The molecule has 0 saturated carbocycles. The molecule has 0 radical (unpaired) electrons. The lowest BCUT2D eigenvalue weighted by molar-refractivity contribution is -0.137. The molecule has 0 saturated heterocycles. The molecule has 0 spiro atoms. The quantitative estimate of drug-likeness (QED) is 0.745. The SMILES string of the molecule is CC(CNS(=O)(=O)C(C)C)Oc1ccc(-c2ccc(C(F)(F)F)cc2)cc1. The van der Waals surface area contributed by atoms with Crippen molar-refractivity contribution in [3.8, 4) is 16.9 Å². The van der Waals surface area contributed by atoms with Crippen LogP contribution in [0.15, 0.2) is 48.5 Å². The second-order valence-electron chi connectivity index (χ2n) is 6.47. The monoisotopic (exact) mass is 401 g/mol. The highest BCUT2D eigenvalue weighted by Crippen LogP contribution is 2.31. The van der Waals surface area contributed by atoms with E-state index in [4.69, 9.17) is 4.74 Å². The first-order valence-corrected chi connectivity index (χ1v) is 9.96. The van der Waals surface area contributed by atoms with Crippen molar-refractivity contribution in [2.75, 3.05) is 6.54 Å². The van der Waals surface area contributed by atoms with Gasteiger partial charge in [0.25, 0.3) is 0 Å². The molecular weight excluding hydrogens is 379 g/mol. The maximum absolute atomic E-state index is 12.6. The van der Waals surface area contributed by atoms with E-state index in [-0.39, 0.29) is 12.6 Å². The van der Waals surface area contributed by atoms with Gasteiger partial charge in [-0.3, -0.25) is 0 Å². The fourth-order valence-corrected chi connectivity index (χ4v) is 3.05.